The van der Waals surface area contributed by atoms with E-state index in [1.165, 1.54) is 4.90 Å². The maximum absolute atomic E-state index is 12.5. The van der Waals surface area contributed by atoms with Gasteiger partial charge in [0.2, 0.25) is 5.89 Å². The summed E-state index contributed by atoms with van der Waals surface area (Å²) in [7, 11) is 1.71. The average molecular weight is 377 g/mol. The Kier molecular flexibility index (Phi) is 6.46. The lowest BCUT2D eigenvalue weighted by atomic mass is 10.1. The fourth-order valence-electron chi connectivity index (χ4n) is 3.03. The maximum Gasteiger partial charge on any atom is 0.317 e. The number of furan rings is 1. The Labute approximate surface area is 158 Å². The summed E-state index contributed by atoms with van der Waals surface area (Å²) in [5.41, 5.74) is 0. The van der Waals surface area contributed by atoms with Crippen LogP contribution in [0, 0.1) is 6.92 Å². The van der Waals surface area contributed by atoms with Crippen LogP contribution in [0.2, 0.25) is 0 Å². The number of nitrogens with one attached hydrogen (secondary N) is 1. The van der Waals surface area contributed by atoms with Gasteiger partial charge in [0.1, 0.15) is 11.5 Å². The van der Waals surface area contributed by atoms with Crippen LogP contribution < -0.4 is 5.32 Å². The second kappa shape index (κ2) is 9.01. The predicted octanol–water partition coefficient (Wildman–Crippen LogP) is 1.75. The van der Waals surface area contributed by atoms with Crippen molar-refractivity contribution < 1.29 is 18.5 Å². The van der Waals surface area contributed by atoms with Crippen LogP contribution in [0.15, 0.2) is 21.1 Å². The number of morpholine rings is 1. The molecule has 1 aliphatic heterocycles. The topological polar surface area (TPSA) is 96.9 Å². The standard InChI is InChI=1S/C18H27N5O4/c1-4-17-20-16(21-27-17)12-22(3)18(24)19-11-14(15-6-5-13(2)26-15)23-7-9-25-10-8-23/h5-6,14H,4,7-12H2,1-3H3,(H,19,24)/t14-/m0/s1. The molecule has 2 amide bonds. The lowest BCUT2D eigenvalue weighted by Gasteiger charge is -2.33. The summed E-state index contributed by atoms with van der Waals surface area (Å²) in [5.74, 6) is 2.77. The van der Waals surface area contributed by atoms with Crippen LogP contribution >= 0.6 is 0 Å². The van der Waals surface area contributed by atoms with E-state index in [0.717, 1.165) is 24.6 Å². The molecule has 148 valence electrons. The quantitative estimate of drug-likeness (QED) is 0.785. The lowest BCUT2D eigenvalue weighted by Crippen LogP contribution is -2.46. The van der Waals surface area contributed by atoms with Gasteiger partial charge in [-0.2, -0.15) is 4.98 Å². The van der Waals surface area contributed by atoms with Gasteiger partial charge in [0.15, 0.2) is 5.82 Å². The summed E-state index contributed by atoms with van der Waals surface area (Å²) >= 11 is 0. The van der Waals surface area contributed by atoms with Gasteiger partial charge in [-0.15, -0.1) is 0 Å². The highest BCUT2D eigenvalue weighted by Crippen LogP contribution is 2.23. The van der Waals surface area contributed by atoms with Crippen molar-refractivity contribution >= 4 is 6.03 Å². The number of hydrogen-bond acceptors (Lipinski definition) is 7. The van der Waals surface area contributed by atoms with Gasteiger partial charge < -0.3 is 23.9 Å². The number of carbonyl (C=O) groups is 1. The molecule has 0 aliphatic carbocycles. The van der Waals surface area contributed by atoms with Crippen LogP contribution in [0.25, 0.3) is 0 Å². The first-order chi connectivity index (χ1) is 13.1. The third kappa shape index (κ3) is 5.08. The third-order valence-corrected chi connectivity index (χ3v) is 4.56. The molecule has 9 heteroatoms. The molecule has 0 bridgehead atoms. The lowest BCUT2D eigenvalue weighted by molar-refractivity contribution is 0.0119. The summed E-state index contributed by atoms with van der Waals surface area (Å²) in [4.78, 5) is 20.5. The molecule has 0 radical (unpaired) electrons. The van der Waals surface area contributed by atoms with Crippen LogP contribution in [0.4, 0.5) is 4.79 Å². The largest absolute Gasteiger partial charge is 0.465 e. The van der Waals surface area contributed by atoms with E-state index in [9.17, 15) is 4.79 Å². The molecule has 1 atom stereocenters. The normalized spacial score (nSPS) is 16.3. The Morgan fingerprint density at radius 1 is 1.37 bits per heavy atom. The average Bonchev–Trinajstić information content (AvgIpc) is 3.31. The van der Waals surface area contributed by atoms with Crippen molar-refractivity contribution in [3.63, 3.8) is 0 Å². The predicted molar refractivity (Wildman–Crippen MR) is 97.1 cm³/mol. The minimum atomic E-state index is -0.195. The first-order valence-electron chi connectivity index (χ1n) is 9.25. The van der Waals surface area contributed by atoms with Crippen molar-refractivity contribution in [3.05, 3.63) is 35.4 Å². The smallest absolute Gasteiger partial charge is 0.317 e. The Morgan fingerprint density at radius 2 is 2.15 bits per heavy atom. The number of amides is 2. The molecular formula is C18H27N5O4. The number of nitrogens with zero attached hydrogens (tertiary/aromatic N) is 4. The van der Waals surface area contributed by atoms with Crippen LogP contribution in [0.1, 0.15) is 36.2 Å². The van der Waals surface area contributed by atoms with Crippen LogP contribution in [-0.2, 0) is 17.7 Å². The second-order valence-electron chi connectivity index (χ2n) is 6.61. The minimum absolute atomic E-state index is 0.0307. The van der Waals surface area contributed by atoms with Crippen molar-refractivity contribution in [2.75, 3.05) is 39.9 Å². The van der Waals surface area contributed by atoms with Gasteiger partial charge >= 0.3 is 6.03 Å². The SMILES string of the molecule is CCc1nc(CN(C)C(=O)NC[C@@H](c2ccc(C)o2)N2CCOCC2)no1. The fraction of sp³-hybridized carbons (Fsp3) is 0.611. The first-order valence-corrected chi connectivity index (χ1v) is 9.25. The summed E-state index contributed by atoms with van der Waals surface area (Å²) < 4.78 is 16.3. The van der Waals surface area contributed by atoms with Gasteiger partial charge in [-0.3, -0.25) is 4.90 Å². The van der Waals surface area contributed by atoms with Crippen molar-refractivity contribution in [1.82, 2.24) is 25.3 Å². The Morgan fingerprint density at radius 3 is 2.78 bits per heavy atom. The molecule has 1 aliphatic rings. The number of aryl methyl sites for hydroxylation is 2. The first kappa shape index (κ1) is 19.4. The van der Waals surface area contributed by atoms with Crippen LogP contribution in [0.3, 0.4) is 0 Å². The molecule has 1 saturated heterocycles. The summed E-state index contributed by atoms with van der Waals surface area (Å²) in [6, 6.07) is 3.69. The monoisotopic (exact) mass is 377 g/mol. The van der Waals surface area contributed by atoms with Crippen molar-refractivity contribution in [3.8, 4) is 0 Å². The van der Waals surface area contributed by atoms with E-state index in [0.29, 0.717) is 37.9 Å². The molecule has 3 heterocycles. The van der Waals surface area contributed by atoms with E-state index in [-0.39, 0.29) is 18.6 Å². The Balaban J connectivity index is 1.59. The van der Waals surface area contributed by atoms with Crippen LogP contribution in [-0.4, -0.2) is 65.9 Å². The number of urea groups is 1. The summed E-state index contributed by atoms with van der Waals surface area (Å²) in [5, 5.41) is 6.87. The molecule has 1 fully saturated rings. The van der Waals surface area contributed by atoms with Crippen molar-refractivity contribution in [2.45, 2.75) is 32.9 Å². The molecule has 0 spiro atoms. The molecular weight excluding hydrogens is 350 g/mol. The number of aromatic nitrogens is 2. The zero-order valence-electron chi connectivity index (χ0n) is 16.1. The fourth-order valence-corrected chi connectivity index (χ4v) is 3.03. The highest BCUT2D eigenvalue weighted by Gasteiger charge is 2.26. The second-order valence-corrected chi connectivity index (χ2v) is 6.61. The van der Waals surface area contributed by atoms with Crippen molar-refractivity contribution in [1.29, 1.82) is 0 Å². The van der Waals surface area contributed by atoms with E-state index in [4.69, 9.17) is 13.7 Å². The van der Waals surface area contributed by atoms with Gasteiger partial charge in [0, 0.05) is 33.1 Å². The van der Waals surface area contributed by atoms with Gasteiger partial charge in [0.25, 0.3) is 0 Å². The maximum atomic E-state index is 12.5. The molecule has 9 nitrogen and oxygen atoms in total. The van der Waals surface area contributed by atoms with Gasteiger partial charge in [-0.25, -0.2) is 4.79 Å². The molecule has 2 aromatic rings. The van der Waals surface area contributed by atoms with Crippen LogP contribution in [0.5, 0.6) is 0 Å². The molecule has 0 saturated carbocycles. The van der Waals surface area contributed by atoms with E-state index >= 15 is 0 Å². The summed E-state index contributed by atoms with van der Waals surface area (Å²) in [6.45, 7) is 7.57. The zero-order chi connectivity index (χ0) is 19.2. The van der Waals surface area contributed by atoms with E-state index in [1.807, 2.05) is 26.0 Å². The van der Waals surface area contributed by atoms with E-state index in [2.05, 4.69) is 20.4 Å². The molecule has 0 aromatic carbocycles. The number of rotatable bonds is 7. The zero-order valence-corrected chi connectivity index (χ0v) is 16.1. The van der Waals surface area contributed by atoms with Crippen molar-refractivity contribution in [2.24, 2.45) is 0 Å². The summed E-state index contributed by atoms with van der Waals surface area (Å²) in [6.07, 6.45) is 0.673. The molecule has 27 heavy (non-hydrogen) atoms. The highest BCUT2D eigenvalue weighted by molar-refractivity contribution is 5.73. The van der Waals surface area contributed by atoms with Gasteiger partial charge in [-0.05, 0) is 19.1 Å². The van der Waals surface area contributed by atoms with E-state index in [1.54, 1.807) is 7.05 Å². The number of carbonyl (C=O) groups excluding carboxylic acids is 1. The van der Waals surface area contributed by atoms with Gasteiger partial charge in [-0.1, -0.05) is 12.1 Å². The Hall–Kier alpha value is -2.39. The molecule has 2 aromatic heterocycles. The van der Waals surface area contributed by atoms with Gasteiger partial charge in [0.05, 0.1) is 25.8 Å². The Bertz CT molecular complexity index is 738. The number of ether oxygens (including phenoxy) is 1. The molecule has 0 unspecified atom stereocenters. The molecule has 1 N–H and O–H groups in total. The van der Waals surface area contributed by atoms with E-state index < -0.39 is 0 Å². The number of hydrogen-bond donors (Lipinski definition) is 1. The molecule has 3 rings (SSSR count). The minimum Gasteiger partial charge on any atom is -0.465 e. The third-order valence-electron chi connectivity index (χ3n) is 4.56. The highest BCUT2D eigenvalue weighted by atomic mass is 16.5.